The van der Waals surface area contributed by atoms with Gasteiger partial charge in [0.15, 0.2) is 0 Å². The van der Waals surface area contributed by atoms with E-state index < -0.39 is 0 Å². The van der Waals surface area contributed by atoms with Gasteiger partial charge in [0, 0.05) is 16.6 Å². The molecule has 0 fully saturated rings. The molecule has 1 N–H and O–H groups in total. The van der Waals surface area contributed by atoms with Crippen LogP contribution in [0.1, 0.15) is 27.2 Å². The molecule has 2 aromatic carbocycles. The number of carbonyl (C=O) groups excluding carboxylic acids is 1. The average molecular weight is 290 g/mol. The van der Waals surface area contributed by atoms with Crippen LogP contribution in [0.25, 0.3) is 10.9 Å². The summed E-state index contributed by atoms with van der Waals surface area (Å²) in [6, 6.07) is 15.5. The minimum absolute atomic E-state index is 0.112. The topological polar surface area (TPSA) is 42.0 Å². The Morgan fingerprint density at radius 1 is 0.955 bits per heavy atom. The summed E-state index contributed by atoms with van der Waals surface area (Å²) in [7, 11) is 0. The van der Waals surface area contributed by atoms with Gasteiger partial charge in [-0.05, 0) is 56.2 Å². The van der Waals surface area contributed by atoms with Gasteiger partial charge in [0.05, 0.1) is 11.2 Å². The number of nitrogens with zero attached hydrogens (tertiary/aromatic N) is 1. The van der Waals surface area contributed by atoms with Crippen molar-refractivity contribution in [3.05, 3.63) is 70.9 Å². The molecule has 1 aromatic heterocycles. The number of para-hydroxylation sites is 1. The van der Waals surface area contributed by atoms with Crippen LogP contribution in [0.15, 0.2) is 48.5 Å². The van der Waals surface area contributed by atoms with Gasteiger partial charge in [0.2, 0.25) is 0 Å². The lowest BCUT2D eigenvalue weighted by atomic mass is 10.1. The minimum Gasteiger partial charge on any atom is -0.320 e. The van der Waals surface area contributed by atoms with Crippen LogP contribution >= 0.6 is 0 Å². The van der Waals surface area contributed by atoms with Crippen LogP contribution in [0.5, 0.6) is 0 Å². The third-order valence-corrected chi connectivity index (χ3v) is 3.88. The first kappa shape index (κ1) is 14.3. The fraction of sp³-hybridized carbons (Fsp3) is 0.158. The minimum atomic E-state index is -0.112. The number of rotatable bonds is 2. The molecule has 0 spiro atoms. The van der Waals surface area contributed by atoms with E-state index >= 15 is 0 Å². The van der Waals surface area contributed by atoms with E-state index in [1.807, 2.05) is 69.3 Å². The summed E-state index contributed by atoms with van der Waals surface area (Å²) in [5.41, 5.74) is 5.44. The van der Waals surface area contributed by atoms with E-state index in [0.717, 1.165) is 27.8 Å². The number of fused-ring (bicyclic) bond motifs is 1. The first-order chi connectivity index (χ1) is 10.5. The molecule has 0 unspecified atom stereocenters. The zero-order chi connectivity index (χ0) is 15.7. The molecule has 0 radical (unpaired) electrons. The monoisotopic (exact) mass is 290 g/mol. The highest BCUT2D eigenvalue weighted by Gasteiger charge is 2.10. The number of hydrogen-bond donors (Lipinski definition) is 1. The quantitative estimate of drug-likeness (QED) is 0.759. The average Bonchev–Trinajstić information content (AvgIpc) is 2.50. The summed E-state index contributed by atoms with van der Waals surface area (Å²) in [5, 5.41) is 3.99. The van der Waals surface area contributed by atoms with E-state index in [1.165, 1.54) is 5.56 Å². The molecule has 22 heavy (non-hydrogen) atoms. The largest absolute Gasteiger partial charge is 0.320 e. The molecule has 1 heterocycles. The van der Waals surface area contributed by atoms with Crippen molar-refractivity contribution in [3.8, 4) is 0 Å². The van der Waals surface area contributed by atoms with Crippen LogP contribution in [0.4, 0.5) is 5.69 Å². The number of anilines is 1. The molecular formula is C19H18N2O. The van der Waals surface area contributed by atoms with Crippen molar-refractivity contribution < 1.29 is 4.79 Å². The third-order valence-electron chi connectivity index (χ3n) is 3.88. The van der Waals surface area contributed by atoms with E-state index in [0.29, 0.717) is 5.56 Å². The summed E-state index contributed by atoms with van der Waals surface area (Å²) in [5.74, 6) is -0.112. The van der Waals surface area contributed by atoms with Crippen molar-refractivity contribution in [1.29, 1.82) is 0 Å². The molecule has 0 saturated carbocycles. The Morgan fingerprint density at radius 2 is 1.77 bits per heavy atom. The highest BCUT2D eigenvalue weighted by molar-refractivity contribution is 6.08. The van der Waals surface area contributed by atoms with E-state index in [1.54, 1.807) is 0 Å². The van der Waals surface area contributed by atoms with Gasteiger partial charge in [-0.1, -0.05) is 24.3 Å². The summed E-state index contributed by atoms with van der Waals surface area (Å²) in [6.45, 7) is 5.99. The van der Waals surface area contributed by atoms with Crippen molar-refractivity contribution >= 4 is 22.5 Å². The summed E-state index contributed by atoms with van der Waals surface area (Å²) < 4.78 is 0. The van der Waals surface area contributed by atoms with E-state index in [-0.39, 0.29) is 5.91 Å². The first-order valence-corrected chi connectivity index (χ1v) is 7.29. The maximum absolute atomic E-state index is 12.5. The smallest absolute Gasteiger partial charge is 0.255 e. The Kier molecular flexibility index (Phi) is 3.63. The van der Waals surface area contributed by atoms with Crippen LogP contribution in [0.2, 0.25) is 0 Å². The number of benzene rings is 2. The van der Waals surface area contributed by atoms with Crippen molar-refractivity contribution in [2.24, 2.45) is 0 Å². The number of nitrogens with one attached hydrogen (secondary N) is 1. The molecular weight excluding hydrogens is 272 g/mol. The zero-order valence-corrected chi connectivity index (χ0v) is 13.0. The van der Waals surface area contributed by atoms with Gasteiger partial charge in [-0.25, -0.2) is 0 Å². The molecule has 0 bridgehead atoms. The van der Waals surface area contributed by atoms with Gasteiger partial charge in [-0.15, -0.1) is 0 Å². The Labute approximate surface area is 130 Å². The molecule has 3 rings (SSSR count). The van der Waals surface area contributed by atoms with Crippen LogP contribution in [-0.2, 0) is 0 Å². The first-order valence-electron chi connectivity index (χ1n) is 7.29. The highest BCUT2D eigenvalue weighted by Crippen LogP contribution is 2.22. The van der Waals surface area contributed by atoms with Gasteiger partial charge in [-0.3, -0.25) is 9.78 Å². The van der Waals surface area contributed by atoms with Crippen molar-refractivity contribution in [2.45, 2.75) is 20.8 Å². The molecule has 3 nitrogen and oxygen atoms in total. The number of pyridine rings is 1. The molecule has 0 atom stereocenters. The van der Waals surface area contributed by atoms with E-state index in [2.05, 4.69) is 10.3 Å². The Balaban J connectivity index is 1.97. The summed E-state index contributed by atoms with van der Waals surface area (Å²) >= 11 is 0. The fourth-order valence-corrected chi connectivity index (χ4v) is 2.42. The van der Waals surface area contributed by atoms with Gasteiger partial charge in [-0.2, -0.15) is 0 Å². The lowest BCUT2D eigenvalue weighted by molar-refractivity contribution is 0.102. The molecule has 1 amide bonds. The molecule has 3 heteroatoms. The maximum Gasteiger partial charge on any atom is 0.255 e. The predicted octanol–water partition coefficient (Wildman–Crippen LogP) is 4.41. The fourth-order valence-electron chi connectivity index (χ4n) is 2.42. The molecule has 0 saturated heterocycles. The number of aromatic nitrogens is 1. The standard InChI is InChI=1S/C19H18N2O/c1-12-7-9-16(11-13(12)2)19(22)21-17-6-4-5-15-10-8-14(3)20-18(15)17/h4-11H,1-3H3,(H,21,22). The second-order valence-corrected chi connectivity index (χ2v) is 5.58. The van der Waals surface area contributed by atoms with Gasteiger partial charge in [0.25, 0.3) is 5.91 Å². The third kappa shape index (κ3) is 2.70. The number of aryl methyl sites for hydroxylation is 3. The predicted molar refractivity (Wildman–Crippen MR) is 90.3 cm³/mol. The summed E-state index contributed by atoms with van der Waals surface area (Å²) in [6.07, 6.45) is 0. The van der Waals surface area contributed by atoms with Crippen molar-refractivity contribution in [1.82, 2.24) is 4.98 Å². The van der Waals surface area contributed by atoms with Gasteiger partial charge in [0.1, 0.15) is 0 Å². The molecule has 3 aromatic rings. The van der Waals surface area contributed by atoms with E-state index in [4.69, 9.17) is 0 Å². The zero-order valence-electron chi connectivity index (χ0n) is 13.0. The second-order valence-electron chi connectivity index (χ2n) is 5.58. The Morgan fingerprint density at radius 3 is 2.55 bits per heavy atom. The van der Waals surface area contributed by atoms with Gasteiger partial charge >= 0.3 is 0 Å². The lowest BCUT2D eigenvalue weighted by Crippen LogP contribution is -2.12. The lowest BCUT2D eigenvalue weighted by Gasteiger charge is -2.10. The molecule has 0 aliphatic carbocycles. The number of carbonyl (C=O) groups is 1. The van der Waals surface area contributed by atoms with Crippen LogP contribution < -0.4 is 5.32 Å². The molecule has 110 valence electrons. The molecule has 0 aliphatic heterocycles. The normalized spacial score (nSPS) is 10.7. The second kappa shape index (κ2) is 5.60. The van der Waals surface area contributed by atoms with Crippen LogP contribution in [0.3, 0.4) is 0 Å². The number of hydrogen-bond acceptors (Lipinski definition) is 2. The Hall–Kier alpha value is -2.68. The van der Waals surface area contributed by atoms with Gasteiger partial charge < -0.3 is 5.32 Å². The van der Waals surface area contributed by atoms with Crippen LogP contribution in [-0.4, -0.2) is 10.9 Å². The van der Waals surface area contributed by atoms with Crippen LogP contribution in [0, 0.1) is 20.8 Å². The maximum atomic E-state index is 12.5. The summed E-state index contributed by atoms with van der Waals surface area (Å²) in [4.78, 5) is 17.0. The number of amides is 1. The van der Waals surface area contributed by atoms with E-state index in [9.17, 15) is 4.79 Å². The van der Waals surface area contributed by atoms with Crippen molar-refractivity contribution in [3.63, 3.8) is 0 Å². The SMILES string of the molecule is Cc1ccc2cccc(NC(=O)c3ccc(C)c(C)c3)c2n1. The van der Waals surface area contributed by atoms with Crippen molar-refractivity contribution in [2.75, 3.05) is 5.32 Å². The Bertz CT molecular complexity index is 868. The molecule has 0 aliphatic rings. The highest BCUT2D eigenvalue weighted by atomic mass is 16.1.